The lowest BCUT2D eigenvalue weighted by Crippen LogP contribution is -2.37. The van der Waals surface area contributed by atoms with Gasteiger partial charge in [-0.3, -0.25) is 4.79 Å². The summed E-state index contributed by atoms with van der Waals surface area (Å²) in [5, 5.41) is 46.4. The maximum atomic E-state index is 13.0. The molecule has 0 saturated heterocycles. The van der Waals surface area contributed by atoms with Gasteiger partial charge in [-0.25, -0.2) is 19.6 Å². The predicted molar refractivity (Wildman–Crippen MR) is 248 cm³/mol. The number of fused-ring (bicyclic) bond motifs is 6. The zero-order chi connectivity index (χ0) is 42.8. The van der Waals surface area contributed by atoms with Crippen LogP contribution in [0.3, 0.4) is 0 Å². The van der Waals surface area contributed by atoms with Gasteiger partial charge in [0.25, 0.3) is 0 Å². The lowest BCUT2D eigenvalue weighted by molar-refractivity contribution is -0.131. The average Bonchev–Trinajstić information content (AvgIpc) is 3.26. The zero-order valence-electron chi connectivity index (χ0n) is 33.2. The van der Waals surface area contributed by atoms with E-state index in [4.69, 9.17) is 28.2 Å². The summed E-state index contributed by atoms with van der Waals surface area (Å²) in [5.41, 5.74) is 8.26. The first-order chi connectivity index (χ1) is 29.4. The van der Waals surface area contributed by atoms with Crippen LogP contribution in [0.15, 0.2) is 103 Å². The number of aromatic carboxylic acids is 2. The van der Waals surface area contributed by atoms with Gasteiger partial charge in [-0.2, -0.15) is 0 Å². The smallest absolute Gasteiger partial charge is 0.340 e. The lowest BCUT2D eigenvalue weighted by atomic mass is 9.93. The summed E-state index contributed by atoms with van der Waals surface area (Å²) in [6.45, 7) is 2.46. The largest absolute Gasteiger partial charge is 0.505 e. The highest BCUT2D eigenvalue weighted by molar-refractivity contribution is 6.30. The number of amides is 1. The minimum Gasteiger partial charge on any atom is -0.505 e. The van der Waals surface area contributed by atoms with Gasteiger partial charge in [0, 0.05) is 58.9 Å². The first-order valence-corrected chi connectivity index (χ1v) is 20.5. The molecular weight excluding hydrogens is 863 g/mol. The van der Waals surface area contributed by atoms with E-state index < -0.39 is 11.9 Å². The second kappa shape index (κ2) is 19.9. The van der Waals surface area contributed by atoms with Crippen LogP contribution >= 0.6 is 35.6 Å². The summed E-state index contributed by atoms with van der Waals surface area (Å²) in [5.74, 6) is -2.98. The minimum absolute atomic E-state index is 0. The Balaban J connectivity index is 0.000000211. The molecule has 4 heterocycles. The molecule has 0 fully saturated rings. The van der Waals surface area contributed by atoms with Crippen molar-refractivity contribution in [3.63, 3.8) is 0 Å². The number of nitrogens with one attached hydrogen (secondary N) is 1. The molecule has 0 bridgehead atoms. The van der Waals surface area contributed by atoms with Crippen molar-refractivity contribution in [3.8, 4) is 11.5 Å². The Morgan fingerprint density at radius 2 is 1.13 bits per heavy atom. The maximum absolute atomic E-state index is 13.0. The van der Waals surface area contributed by atoms with Crippen LogP contribution in [0, 0.1) is 0 Å². The normalized spacial score (nSPS) is 12.8. The Morgan fingerprint density at radius 1 is 0.635 bits per heavy atom. The van der Waals surface area contributed by atoms with Gasteiger partial charge in [0.05, 0.1) is 28.8 Å². The van der Waals surface area contributed by atoms with Crippen molar-refractivity contribution in [2.45, 2.75) is 52.6 Å². The van der Waals surface area contributed by atoms with E-state index in [-0.39, 0.29) is 60.5 Å². The first kappa shape index (κ1) is 46.3. The fourth-order valence-corrected chi connectivity index (χ4v) is 8.36. The van der Waals surface area contributed by atoms with Crippen LogP contribution in [-0.2, 0) is 50.0 Å². The number of carbonyl (C=O) groups excluding carboxylic acids is 1. The molecule has 0 radical (unpaired) electrons. The molecule has 0 aliphatic carbocycles. The minimum atomic E-state index is -1.22. The van der Waals surface area contributed by atoms with Gasteiger partial charge < -0.3 is 30.6 Å². The standard InChI is InChI=1S/C28H23ClN2O4.C20H17ClN2O3.CH4.ClH/c29-20-9-6-18(7-10-20)14-23-27(33)25(28(34)35)21-11-8-19-12-13-31(16-22(19)26(21)30-23)24(32)15-17-4-2-1-3-5-17;21-13-4-1-11(2-5-13)9-16-19(24)17(20(25)26)14-6-3-12-7-8-22-10-15(12)18(14)23-16;;/h1-11,33H,12-16H2,(H,34,35);1-6,22,24H,7-10H2,(H,25,26);1H4;1H. The number of carboxylic acid groups (broad SMARTS) is 2. The van der Waals surface area contributed by atoms with Crippen LogP contribution in [-0.4, -0.2) is 66.2 Å². The number of pyridine rings is 2. The van der Waals surface area contributed by atoms with Crippen LogP contribution in [0.1, 0.15) is 78.5 Å². The van der Waals surface area contributed by atoms with Crippen LogP contribution in [0.4, 0.5) is 0 Å². The third kappa shape index (κ3) is 9.87. The molecule has 5 aromatic carbocycles. The summed E-state index contributed by atoms with van der Waals surface area (Å²) < 4.78 is 0. The Bertz CT molecular complexity index is 2840. The molecule has 2 aliphatic heterocycles. The highest BCUT2D eigenvalue weighted by atomic mass is 35.5. The molecule has 0 unspecified atom stereocenters. The highest BCUT2D eigenvalue weighted by Crippen LogP contribution is 2.36. The molecule has 0 spiro atoms. The number of hydrogen-bond donors (Lipinski definition) is 5. The van der Waals surface area contributed by atoms with E-state index in [1.54, 1.807) is 41.3 Å². The number of rotatable bonds is 8. The quantitative estimate of drug-likeness (QED) is 0.0989. The van der Waals surface area contributed by atoms with E-state index in [0.717, 1.165) is 46.3 Å². The van der Waals surface area contributed by atoms with Gasteiger partial charge in [-0.15, -0.1) is 12.4 Å². The van der Waals surface area contributed by atoms with Gasteiger partial charge in [0.1, 0.15) is 11.1 Å². The van der Waals surface area contributed by atoms with Crippen molar-refractivity contribution in [1.29, 1.82) is 0 Å². The summed E-state index contributed by atoms with van der Waals surface area (Å²) in [6.07, 6.45) is 2.42. The number of benzene rings is 5. The SMILES string of the molecule is C.Cl.O=C(O)c1c(O)c(Cc2ccc(Cl)cc2)nc2c3c(ccc12)CCN(C(=O)Cc1ccccc1)C3.O=C(O)c1c(O)c(Cc2ccc(Cl)cc2)nc2c3c(ccc12)CCNC3. The third-order valence-corrected chi connectivity index (χ3v) is 11.7. The topological polar surface area (TPSA) is 173 Å². The van der Waals surface area contributed by atoms with E-state index >= 15 is 0 Å². The number of halogens is 3. The Morgan fingerprint density at radius 3 is 1.63 bits per heavy atom. The number of nitrogens with zero attached hydrogens (tertiary/aromatic N) is 3. The molecule has 324 valence electrons. The van der Waals surface area contributed by atoms with Crippen molar-refractivity contribution in [2.24, 2.45) is 0 Å². The van der Waals surface area contributed by atoms with E-state index in [9.17, 15) is 34.8 Å². The van der Waals surface area contributed by atoms with Crippen molar-refractivity contribution in [3.05, 3.63) is 175 Å². The van der Waals surface area contributed by atoms with Crippen molar-refractivity contribution < 1.29 is 34.8 Å². The fourth-order valence-electron chi connectivity index (χ4n) is 8.10. The van der Waals surface area contributed by atoms with Crippen LogP contribution in [0.2, 0.25) is 10.0 Å². The predicted octanol–water partition coefficient (Wildman–Crippen LogP) is 9.60. The van der Waals surface area contributed by atoms with Crippen molar-refractivity contribution in [2.75, 3.05) is 13.1 Å². The summed E-state index contributed by atoms with van der Waals surface area (Å²) in [4.78, 5) is 48.2. The molecule has 11 nitrogen and oxygen atoms in total. The van der Waals surface area contributed by atoms with Gasteiger partial charge in [0.2, 0.25) is 5.91 Å². The molecule has 7 aromatic rings. The monoisotopic (exact) mass is 906 g/mol. The maximum Gasteiger partial charge on any atom is 0.340 e. The molecule has 63 heavy (non-hydrogen) atoms. The van der Waals surface area contributed by atoms with E-state index in [1.165, 1.54) is 5.56 Å². The second-order valence-corrected chi connectivity index (χ2v) is 16.0. The fraction of sp³-hybridized carbons (Fsp3) is 0.204. The first-order valence-electron chi connectivity index (χ1n) is 19.8. The Hall–Kier alpha value is -6.24. The Labute approximate surface area is 380 Å². The van der Waals surface area contributed by atoms with Crippen molar-refractivity contribution in [1.82, 2.24) is 20.2 Å². The summed E-state index contributed by atoms with van der Waals surface area (Å²) in [7, 11) is 0. The highest BCUT2D eigenvalue weighted by Gasteiger charge is 2.28. The van der Waals surface area contributed by atoms with E-state index in [2.05, 4.69) is 10.3 Å². The second-order valence-electron chi connectivity index (χ2n) is 15.1. The van der Waals surface area contributed by atoms with Gasteiger partial charge >= 0.3 is 11.9 Å². The molecule has 2 aliphatic rings. The molecule has 5 N–H and O–H groups in total. The molecule has 0 saturated carbocycles. The Kier molecular flexibility index (Phi) is 14.6. The molecule has 2 aromatic heterocycles. The molecule has 1 amide bonds. The number of aromatic nitrogens is 2. The molecular formula is C49H45Cl3N4O7. The van der Waals surface area contributed by atoms with Crippen LogP contribution in [0.25, 0.3) is 21.8 Å². The number of aromatic hydroxyl groups is 2. The van der Waals surface area contributed by atoms with Crippen LogP contribution in [0.5, 0.6) is 11.5 Å². The van der Waals surface area contributed by atoms with Gasteiger partial charge in [-0.05, 0) is 77.0 Å². The molecule has 14 heteroatoms. The summed E-state index contributed by atoms with van der Waals surface area (Å²) in [6, 6.07) is 31.2. The van der Waals surface area contributed by atoms with E-state index in [0.29, 0.717) is 76.4 Å². The average molecular weight is 908 g/mol. The molecule has 0 atom stereocenters. The lowest BCUT2D eigenvalue weighted by Gasteiger charge is -2.30. The van der Waals surface area contributed by atoms with Crippen molar-refractivity contribution >= 4 is 75.3 Å². The number of hydrogen-bond acceptors (Lipinski definition) is 8. The van der Waals surface area contributed by atoms with Crippen LogP contribution < -0.4 is 5.32 Å². The number of carboxylic acids is 2. The van der Waals surface area contributed by atoms with E-state index in [1.807, 2.05) is 66.7 Å². The zero-order valence-corrected chi connectivity index (χ0v) is 35.5. The number of carbonyl (C=O) groups is 3. The third-order valence-electron chi connectivity index (χ3n) is 11.2. The van der Waals surface area contributed by atoms with Gasteiger partial charge in [-0.1, -0.05) is 109 Å². The molecule has 9 rings (SSSR count). The van der Waals surface area contributed by atoms with Gasteiger partial charge in [0.15, 0.2) is 11.5 Å². The summed E-state index contributed by atoms with van der Waals surface area (Å²) >= 11 is 11.9.